The lowest BCUT2D eigenvalue weighted by Crippen LogP contribution is -2.02. The largest absolute Gasteiger partial charge is 0.363 e. The number of aliphatic hydroxyl groups is 2. The van der Waals surface area contributed by atoms with E-state index in [1.807, 2.05) is 30.3 Å². The number of aromatic nitrogens is 2. The molecule has 0 saturated carbocycles. The van der Waals surface area contributed by atoms with Crippen molar-refractivity contribution in [1.82, 2.24) is 10.2 Å². The van der Waals surface area contributed by atoms with Gasteiger partial charge in [-0.05, 0) is 11.6 Å². The molecule has 0 saturated heterocycles. The molecule has 4 nitrogen and oxygen atoms in total. The van der Waals surface area contributed by atoms with E-state index in [0.29, 0.717) is 5.56 Å². The van der Waals surface area contributed by atoms with Gasteiger partial charge in [-0.15, -0.1) is 5.10 Å². The van der Waals surface area contributed by atoms with Gasteiger partial charge in [0, 0.05) is 5.56 Å². The van der Waals surface area contributed by atoms with Crippen molar-refractivity contribution in [1.29, 1.82) is 0 Å². The van der Waals surface area contributed by atoms with Crippen LogP contribution >= 0.6 is 0 Å². The smallest absolute Gasteiger partial charge is 0.198 e. The van der Waals surface area contributed by atoms with Crippen molar-refractivity contribution in [3.05, 3.63) is 48.3 Å². The lowest BCUT2D eigenvalue weighted by atomic mass is 10.0. The van der Waals surface area contributed by atoms with Crippen LogP contribution in [0.25, 0.3) is 11.1 Å². The fourth-order valence-electron chi connectivity index (χ4n) is 1.40. The van der Waals surface area contributed by atoms with E-state index < -0.39 is 6.29 Å². The van der Waals surface area contributed by atoms with Crippen LogP contribution in [0.1, 0.15) is 12.0 Å². The van der Waals surface area contributed by atoms with Crippen molar-refractivity contribution < 1.29 is 10.2 Å². The Bertz CT molecular complexity index is 443. The summed E-state index contributed by atoms with van der Waals surface area (Å²) in [4.78, 5) is 0. The molecule has 1 aromatic carbocycles. The fourth-order valence-corrected chi connectivity index (χ4v) is 1.40. The van der Waals surface area contributed by atoms with Gasteiger partial charge in [-0.3, -0.25) is 0 Å². The molecule has 1 heterocycles. The molecule has 0 unspecified atom stereocenters. The Morgan fingerprint density at radius 3 is 2.40 bits per heavy atom. The molecular weight excluding hydrogens is 192 g/mol. The van der Waals surface area contributed by atoms with Crippen LogP contribution < -0.4 is 0 Å². The molecular formula is C11H10N2O2. The summed E-state index contributed by atoms with van der Waals surface area (Å²) in [5, 5.41) is 25.6. The van der Waals surface area contributed by atoms with E-state index in [-0.39, 0.29) is 5.69 Å². The second kappa shape index (κ2) is 4.16. The monoisotopic (exact) mass is 202 g/mol. The maximum Gasteiger partial charge on any atom is 0.198 e. The average molecular weight is 202 g/mol. The number of hydrogen-bond acceptors (Lipinski definition) is 4. The van der Waals surface area contributed by atoms with Gasteiger partial charge < -0.3 is 10.2 Å². The molecule has 2 rings (SSSR count). The highest BCUT2D eigenvalue weighted by molar-refractivity contribution is 5.65. The summed E-state index contributed by atoms with van der Waals surface area (Å²) in [7, 11) is 0. The van der Waals surface area contributed by atoms with Gasteiger partial charge in [0.1, 0.15) is 5.69 Å². The number of rotatable bonds is 2. The number of aliphatic hydroxyl groups excluding tert-OH is 1. The Morgan fingerprint density at radius 2 is 1.73 bits per heavy atom. The summed E-state index contributed by atoms with van der Waals surface area (Å²) in [5.41, 5.74) is 1.74. The van der Waals surface area contributed by atoms with Crippen molar-refractivity contribution in [2.75, 3.05) is 0 Å². The van der Waals surface area contributed by atoms with E-state index in [1.165, 1.54) is 6.20 Å². The predicted molar refractivity (Wildman–Crippen MR) is 54.6 cm³/mol. The molecule has 0 aliphatic carbocycles. The highest BCUT2D eigenvalue weighted by atomic mass is 16.5. The first-order valence-corrected chi connectivity index (χ1v) is 4.52. The van der Waals surface area contributed by atoms with Gasteiger partial charge in [-0.25, -0.2) is 0 Å². The molecule has 2 N–H and O–H groups in total. The second-order valence-corrected chi connectivity index (χ2v) is 3.07. The van der Waals surface area contributed by atoms with Crippen LogP contribution in [0.2, 0.25) is 0 Å². The van der Waals surface area contributed by atoms with Crippen LogP contribution in [0.4, 0.5) is 0 Å². The SMILES string of the molecule is OC(O)c1nnccc1-c1ccccc1. The Kier molecular flexibility index (Phi) is 2.71. The predicted octanol–water partition coefficient (Wildman–Crippen LogP) is 1.13. The van der Waals surface area contributed by atoms with E-state index >= 15 is 0 Å². The third-order valence-electron chi connectivity index (χ3n) is 2.08. The topological polar surface area (TPSA) is 66.2 Å². The van der Waals surface area contributed by atoms with Gasteiger partial charge in [-0.2, -0.15) is 5.10 Å². The first kappa shape index (κ1) is 9.76. The van der Waals surface area contributed by atoms with Crippen LogP contribution in [0.3, 0.4) is 0 Å². The minimum Gasteiger partial charge on any atom is -0.363 e. The molecule has 76 valence electrons. The van der Waals surface area contributed by atoms with Crippen LogP contribution in [0.5, 0.6) is 0 Å². The van der Waals surface area contributed by atoms with E-state index in [1.54, 1.807) is 6.07 Å². The molecule has 0 atom stereocenters. The Labute approximate surface area is 86.8 Å². The van der Waals surface area contributed by atoms with Crippen molar-refractivity contribution in [2.45, 2.75) is 6.29 Å². The highest BCUT2D eigenvalue weighted by Gasteiger charge is 2.12. The van der Waals surface area contributed by atoms with Gasteiger partial charge in [0.2, 0.25) is 0 Å². The molecule has 0 fully saturated rings. The number of nitrogens with zero attached hydrogens (tertiary/aromatic N) is 2. The van der Waals surface area contributed by atoms with Gasteiger partial charge in [0.15, 0.2) is 6.29 Å². The van der Waals surface area contributed by atoms with Gasteiger partial charge >= 0.3 is 0 Å². The molecule has 15 heavy (non-hydrogen) atoms. The van der Waals surface area contributed by atoms with E-state index in [2.05, 4.69) is 10.2 Å². The zero-order valence-electron chi connectivity index (χ0n) is 7.91. The third-order valence-corrected chi connectivity index (χ3v) is 2.08. The average Bonchev–Trinajstić information content (AvgIpc) is 2.30. The van der Waals surface area contributed by atoms with E-state index in [4.69, 9.17) is 10.2 Å². The maximum atomic E-state index is 9.12. The quantitative estimate of drug-likeness (QED) is 0.716. The lowest BCUT2D eigenvalue weighted by Gasteiger charge is -2.08. The molecule has 0 spiro atoms. The summed E-state index contributed by atoms with van der Waals surface area (Å²) in [5.74, 6) is 0. The fraction of sp³-hybridized carbons (Fsp3) is 0.0909. The molecule has 0 aliphatic heterocycles. The number of hydrogen-bond donors (Lipinski definition) is 2. The third kappa shape index (κ3) is 2.01. The van der Waals surface area contributed by atoms with Crippen molar-refractivity contribution in [3.63, 3.8) is 0 Å². The Balaban J connectivity index is 2.53. The molecule has 0 aliphatic rings. The van der Waals surface area contributed by atoms with Gasteiger partial charge in [0.05, 0.1) is 6.20 Å². The molecule has 0 amide bonds. The van der Waals surface area contributed by atoms with Gasteiger partial charge in [-0.1, -0.05) is 30.3 Å². The Hall–Kier alpha value is -1.78. The molecule has 1 aromatic heterocycles. The normalized spacial score (nSPS) is 10.6. The van der Waals surface area contributed by atoms with Crippen LogP contribution in [-0.2, 0) is 0 Å². The summed E-state index contributed by atoms with van der Waals surface area (Å²) >= 11 is 0. The minimum atomic E-state index is -1.60. The van der Waals surface area contributed by atoms with E-state index in [0.717, 1.165) is 5.56 Å². The second-order valence-electron chi connectivity index (χ2n) is 3.07. The first-order valence-electron chi connectivity index (χ1n) is 4.52. The standard InChI is InChI=1S/C11H10N2O2/c14-11(15)10-9(6-7-12-13-10)8-4-2-1-3-5-8/h1-7,11,14-15H. The zero-order chi connectivity index (χ0) is 10.7. The summed E-state index contributed by atoms with van der Waals surface area (Å²) < 4.78 is 0. The first-order chi connectivity index (χ1) is 7.29. The Morgan fingerprint density at radius 1 is 1.00 bits per heavy atom. The molecule has 0 bridgehead atoms. The van der Waals surface area contributed by atoms with Crippen LogP contribution in [-0.4, -0.2) is 20.4 Å². The van der Waals surface area contributed by atoms with Crippen molar-refractivity contribution in [2.24, 2.45) is 0 Å². The molecule has 2 aromatic rings. The van der Waals surface area contributed by atoms with Crippen LogP contribution in [0, 0.1) is 0 Å². The lowest BCUT2D eigenvalue weighted by molar-refractivity contribution is -0.0459. The van der Waals surface area contributed by atoms with Crippen molar-refractivity contribution >= 4 is 0 Å². The summed E-state index contributed by atoms with van der Waals surface area (Å²) in [6.07, 6.45) is -0.0808. The molecule has 0 radical (unpaired) electrons. The highest BCUT2D eigenvalue weighted by Crippen LogP contribution is 2.24. The minimum absolute atomic E-state index is 0.170. The van der Waals surface area contributed by atoms with Gasteiger partial charge in [0.25, 0.3) is 0 Å². The van der Waals surface area contributed by atoms with Crippen molar-refractivity contribution in [3.8, 4) is 11.1 Å². The maximum absolute atomic E-state index is 9.12. The summed E-state index contributed by atoms with van der Waals surface area (Å²) in [6.45, 7) is 0. The van der Waals surface area contributed by atoms with Crippen LogP contribution in [0.15, 0.2) is 42.6 Å². The molecule has 4 heteroatoms. The zero-order valence-corrected chi connectivity index (χ0v) is 7.91. The summed E-state index contributed by atoms with van der Waals surface area (Å²) in [6, 6.07) is 11.1. The number of benzene rings is 1. The van der Waals surface area contributed by atoms with E-state index in [9.17, 15) is 0 Å².